The Morgan fingerprint density at radius 2 is 2.20 bits per heavy atom. The molecule has 0 aromatic carbocycles. The summed E-state index contributed by atoms with van der Waals surface area (Å²) in [5.41, 5.74) is 1.93. The van der Waals surface area contributed by atoms with E-state index in [2.05, 4.69) is 4.98 Å². The van der Waals surface area contributed by atoms with Crippen molar-refractivity contribution in [1.29, 1.82) is 0 Å². The van der Waals surface area contributed by atoms with Crippen LogP contribution in [0.25, 0.3) is 6.08 Å². The lowest BCUT2D eigenvalue weighted by Gasteiger charge is -2.00. The molecule has 0 spiro atoms. The molecule has 2 aromatic heterocycles. The van der Waals surface area contributed by atoms with Crippen LogP contribution >= 0.6 is 0 Å². The van der Waals surface area contributed by atoms with Crippen LogP contribution in [0.1, 0.15) is 5.56 Å². The van der Waals surface area contributed by atoms with E-state index in [-0.39, 0.29) is 5.03 Å². The zero-order valence-electron chi connectivity index (χ0n) is 10.5. The number of nitrogens with one attached hydrogen (secondary N) is 1. The van der Waals surface area contributed by atoms with Gasteiger partial charge in [-0.3, -0.25) is 10.0 Å². The number of hydroxylamine groups is 1. The standard InChI is InChI=1S/C11H12N4O4S/c1-14-7-11(12-8-14)20(18,19)15-5-4-9(6-15)2-3-10(16)13-17/h2-8,17H,1H3,(H,13,16). The third kappa shape index (κ3) is 2.78. The molecule has 8 nitrogen and oxygen atoms in total. The molecule has 0 bridgehead atoms. The Hall–Kier alpha value is -2.39. The predicted octanol–water partition coefficient (Wildman–Crippen LogP) is -0.0228. The van der Waals surface area contributed by atoms with Gasteiger partial charge in [-0.2, -0.15) is 8.42 Å². The van der Waals surface area contributed by atoms with E-state index >= 15 is 0 Å². The third-order valence-corrected chi connectivity index (χ3v) is 3.97. The van der Waals surface area contributed by atoms with Crippen LogP contribution in [0.4, 0.5) is 0 Å². The summed E-state index contributed by atoms with van der Waals surface area (Å²) in [6.07, 6.45) is 7.92. The van der Waals surface area contributed by atoms with Gasteiger partial charge in [0.05, 0.1) is 6.33 Å². The normalized spacial score (nSPS) is 11.9. The second-order valence-corrected chi connectivity index (χ2v) is 5.76. The molecule has 0 saturated heterocycles. The second-order valence-electron chi connectivity index (χ2n) is 3.97. The Balaban J connectivity index is 2.29. The molecule has 0 fully saturated rings. The molecule has 0 aliphatic rings. The molecule has 2 rings (SSSR count). The average Bonchev–Trinajstić information content (AvgIpc) is 3.05. The molecular formula is C11H12N4O4S. The molecule has 2 N–H and O–H groups in total. The fourth-order valence-electron chi connectivity index (χ4n) is 1.48. The Bertz CT molecular complexity index is 757. The zero-order valence-corrected chi connectivity index (χ0v) is 11.3. The van der Waals surface area contributed by atoms with Crippen molar-refractivity contribution in [3.05, 3.63) is 42.6 Å². The fourth-order valence-corrected chi connectivity index (χ4v) is 2.66. The molecule has 0 atom stereocenters. The minimum atomic E-state index is -3.74. The van der Waals surface area contributed by atoms with Crippen LogP contribution in [0.3, 0.4) is 0 Å². The van der Waals surface area contributed by atoms with Crippen molar-refractivity contribution < 1.29 is 18.4 Å². The molecule has 2 aromatic rings. The summed E-state index contributed by atoms with van der Waals surface area (Å²) in [4.78, 5) is 14.6. The first-order chi connectivity index (χ1) is 9.43. The lowest BCUT2D eigenvalue weighted by Crippen LogP contribution is -2.14. The first kappa shape index (κ1) is 14.0. The molecule has 1 amide bonds. The summed E-state index contributed by atoms with van der Waals surface area (Å²) in [5.74, 6) is -0.703. The number of hydrogen-bond donors (Lipinski definition) is 2. The number of carbonyl (C=O) groups is 1. The molecule has 106 valence electrons. The Labute approximate surface area is 115 Å². The number of carbonyl (C=O) groups excluding carboxylic acids is 1. The summed E-state index contributed by atoms with van der Waals surface area (Å²) < 4.78 is 26.9. The van der Waals surface area contributed by atoms with Gasteiger partial charge in [0.25, 0.3) is 15.9 Å². The van der Waals surface area contributed by atoms with Crippen molar-refractivity contribution >= 4 is 22.0 Å². The van der Waals surface area contributed by atoms with E-state index in [4.69, 9.17) is 5.21 Å². The largest absolute Gasteiger partial charge is 0.339 e. The minimum Gasteiger partial charge on any atom is -0.339 e. The quantitative estimate of drug-likeness (QED) is 0.468. The predicted molar refractivity (Wildman–Crippen MR) is 69.2 cm³/mol. The highest BCUT2D eigenvalue weighted by atomic mass is 32.2. The lowest BCUT2D eigenvalue weighted by atomic mass is 10.3. The third-order valence-electron chi connectivity index (χ3n) is 2.45. The van der Waals surface area contributed by atoms with E-state index in [1.54, 1.807) is 7.05 Å². The van der Waals surface area contributed by atoms with Crippen molar-refractivity contribution in [2.45, 2.75) is 5.03 Å². The van der Waals surface area contributed by atoms with E-state index in [1.807, 2.05) is 0 Å². The number of aryl methyl sites for hydroxylation is 1. The number of hydrogen-bond acceptors (Lipinski definition) is 5. The highest BCUT2D eigenvalue weighted by Crippen LogP contribution is 2.13. The summed E-state index contributed by atoms with van der Waals surface area (Å²) in [6.45, 7) is 0. The van der Waals surface area contributed by atoms with Gasteiger partial charge in [0.2, 0.25) is 0 Å². The maximum absolute atomic E-state index is 12.2. The van der Waals surface area contributed by atoms with E-state index in [1.165, 1.54) is 47.1 Å². The van der Waals surface area contributed by atoms with Crippen LogP contribution in [-0.2, 0) is 21.9 Å². The zero-order chi connectivity index (χ0) is 14.8. The maximum Gasteiger partial charge on any atom is 0.286 e. The molecular weight excluding hydrogens is 284 g/mol. The SMILES string of the molecule is Cn1cnc(S(=O)(=O)n2ccc(C=CC(=O)NO)c2)c1. The monoisotopic (exact) mass is 296 g/mol. The van der Waals surface area contributed by atoms with Crippen molar-refractivity contribution in [3.8, 4) is 0 Å². The van der Waals surface area contributed by atoms with Gasteiger partial charge < -0.3 is 4.57 Å². The van der Waals surface area contributed by atoms with Crippen molar-refractivity contribution in [3.63, 3.8) is 0 Å². The van der Waals surface area contributed by atoms with E-state index < -0.39 is 15.9 Å². The second kappa shape index (κ2) is 5.31. The topological polar surface area (TPSA) is 106 Å². The lowest BCUT2D eigenvalue weighted by molar-refractivity contribution is -0.124. The smallest absolute Gasteiger partial charge is 0.286 e. The van der Waals surface area contributed by atoms with Gasteiger partial charge in [0, 0.05) is 31.7 Å². The van der Waals surface area contributed by atoms with Crippen LogP contribution < -0.4 is 5.48 Å². The van der Waals surface area contributed by atoms with Gasteiger partial charge in [0.1, 0.15) is 0 Å². The summed E-state index contributed by atoms with van der Waals surface area (Å²) in [6, 6.07) is 1.52. The maximum atomic E-state index is 12.2. The van der Waals surface area contributed by atoms with Gasteiger partial charge in [-0.25, -0.2) is 14.4 Å². The average molecular weight is 296 g/mol. The molecule has 2 heterocycles. The van der Waals surface area contributed by atoms with Crippen LogP contribution in [0, 0.1) is 0 Å². The highest BCUT2D eigenvalue weighted by molar-refractivity contribution is 7.89. The van der Waals surface area contributed by atoms with Gasteiger partial charge in [-0.15, -0.1) is 0 Å². The summed E-state index contributed by atoms with van der Waals surface area (Å²) in [7, 11) is -2.07. The van der Waals surface area contributed by atoms with Gasteiger partial charge >= 0.3 is 0 Å². The molecule has 0 aliphatic heterocycles. The van der Waals surface area contributed by atoms with E-state index in [0.717, 1.165) is 10.0 Å². The van der Waals surface area contributed by atoms with Gasteiger partial charge in [-0.1, -0.05) is 0 Å². The van der Waals surface area contributed by atoms with Crippen molar-refractivity contribution in [1.82, 2.24) is 19.0 Å². The summed E-state index contributed by atoms with van der Waals surface area (Å²) in [5, 5.41) is 8.27. The van der Waals surface area contributed by atoms with Gasteiger partial charge in [-0.05, 0) is 17.7 Å². The molecule has 0 aliphatic carbocycles. The van der Waals surface area contributed by atoms with Crippen LogP contribution in [-0.4, -0.2) is 33.1 Å². The number of amides is 1. The highest BCUT2D eigenvalue weighted by Gasteiger charge is 2.19. The van der Waals surface area contributed by atoms with Crippen LogP contribution in [0.2, 0.25) is 0 Å². The first-order valence-electron chi connectivity index (χ1n) is 5.47. The Kier molecular flexibility index (Phi) is 3.72. The fraction of sp³-hybridized carbons (Fsp3) is 0.0909. The van der Waals surface area contributed by atoms with E-state index in [0.29, 0.717) is 5.56 Å². The summed E-state index contributed by atoms with van der Waals surface area (Å²) >= 11 is 0. The number of aromatic nitrogens is 3. The van der Waals surface area contributed by atoms with E-state index in [9.17, 15) is 13.2 Å². The Morgan fingerprint density at radius 3 is 2.80 bits per heavy atom. The van der Waals surface area contributed by atoms with Crippen molar-refractivity contribution in [2.75, 3.05) is 0 Å². The molecule has 0 saturated carbocycles. The molecule has 20 heavy (non-hydrogen) atoms. The minimum absolute atomic E-state index is 0.0702. The molecule has 0 radical (unpaired) electrons. The number of imidazole rings is 1. The van der Waals surface area contributed by atoms with Crippen LogP contribution in [0.15, 0.2) is 42.1 Å². The van der Waals surface area contributed by atoms with Gasteiger partial charge in [0.15, 0.2) is 5.03 Å². The first-order valence-corrected chi connectivity index (χ1v) is 6.91. The molecule has 0 unspecified atom stereocenters. The Morgan fingerprint density at radius 1 is 1.45 bits per heavy atom. The number of rotatable bonds is 4. The molecule has 9 heteroatoms. The van der Waals surface area contributed by atoms with Crippen LogP contribution in [0.5, 0.6) is 0 Å². The number of nitrogens with zero attached hydrogens (tertiary/aromatic N) is 3. The van der Waals surface area contributed by atoms with Crippen molar-refractivity contribution in [2.24, 2.45) is 7.05 Å².